The third-order valence-corrected chi connectivity index (χ3v) is 5.34. The van der Waals surface area contributed by atoms with Gasteiger partial charge in [-0.1, -0.05) is 6.07 Å². The first-order chi connectivity index (χ1) is 12.1. The maximum absolute atomic E-state index is 12.8. The maximum atomic E-state index is 12.8. The molecule has 1 aromatic rings. The summed E-state index contributed by atoms with van der Waals surface area (Å²) in [6.07, 6.45) is 3.74. The summed E-state index contributed by atoms with van der Waals surface area (Å²) in [4.78, 5) is 29.3. The van der Waals surface area contributed by atoms with Crippen molar-refractivity contribution in [1.82, 2.24) is 14.4 Å². The molecule has 1 amide bonds. The van der Waals surface area contributed by atoms with Crippen molar-refractivity contribution in [2.75, 3.05) is 39.4 Å². The molecule has 2 saturated heterocycles. The molecule has 6 heteroatoms. The van der Waals surface area contributed by atoms with Gasteiger partial charge in [0.25, 0.3) is 5.56 Å². The van der Waals surface area contributed by atoms with Gasteiger partial charge in [-0.05, 0) is 32.3 Å². The van der Waals surface area contributed by atoms with Crippen LogP contribution in [0.1, 0.15) is 31.4 Å². The van der Waals surface area contributed by atoms with Crippen LogP contribution in [0, 0.1) is 6.92 Å². The van der Waals surface area contributed by atoms with Crippen LogP contribution in [0.25, 0.3) is 0 Å². The fourth-order valence-corrected chi connectivity index (χ4v) is 3.86. The van der Waals surface area contributed by atoms with Crippen molar-refractivity contribution in [1.29, 1.82) is 0 Å². The number of ether oxygens (including phenoxy) is 1. The third kappa shape index (κ3) is 4.70. The average Bonchev–Trinajstić information content (AvgIpc) is 2.62. The molecule has 25 heavy (non-hydrogen) atoms. The van der Waals surface area contributed by atoms with Crippen LogP contribution in [0.15, 0.2) is 23.0 Å². The molecule has 2 aliphatic heterocycles. The molecular weight excluding hydrogens is 318 g/mol. The van der Waals surface area contributed by atoms with Crippen molar-refractivity contribution < 1.29 is 9.53 Å². The molecule has 3 heterocycles. The fourth-order valence-electron chi connectivity index (χ4n) is 3.86. The number of morpholine rings is 1. The monoisotopic (exact) mass is 347 g/mol. The molecular formula is C19H29N3O3. The number of pyridine rings is 1. The van der Waals surface area contributed by atoms with E-state index in [9.17, 15) is 9.59 Å². The number of aromatic nitrogens is 1. The number of piperidine rings is 1. The van der Waals surface area contributed by atoms with Gasteiger partial charge in [0.2, 0.25) is 5.91 Å². The standard InChI is InChI=1S/C19H29N3O3/c1-16-5-4-7-18(23)21(16)10-8-19(24)22-9-3-2-6-17(22)15-20-11-13-25-14-12-20/h4-5,7,17H,2-3,6,8-15H2,1H3/t17-/m0/s1. The van der Waals surface area contributed by atoms with Crippen LogP contribution in [-0.4, -0.2) is 65.7 Å². The van der Waals surface area contributed by atoms with Crippen molar-refractivity contribution in [2.45, 2.75) is 45.2 Å². The Kier molecular flexibility index (Phi) is 6.26. The number of likely N-dealkylation sites (tertiary alicyclic amines) is 1. The lowest BCUT2D eigenvalue weighted by Crippen LogP contribution is -2.51. The van der Waals surface area contributed by atoms with E-state index in [1.165, 1.54) is 6.42 Å². The topological polar surface area (TPSA) is 54.8 Å². The van der Waals surface area contributed by atoms with Gasteiger partial charge >= 0.3 is 0 Å². The van der Waals surface area contributed by atoms with Gasteiger partial charge in [-0.2, -0.15) is 0 Å². The highest BCUT2D eigenvalue weighted by Crippen LogP contribution is 2.19. The van der Waals surface area contributed by atoms with Gasteiger partial charge in [0.05, 0.1) is 13.2 Å². The zero-order valence-electron chi connectivity index (χ0n) is 15.2. The van der Waals surface area contributed by atoms with Crippen LogP contribution in [0.2, 0.25) is 0 Å². The Morgan fingerprint density at radius 2 is 2.00 bits per heavy atom. The first-order valence-corrected chi connectivity index (χ1v) is 9.41. The summed E-state index contributed by atoms with van der Waals surface area (Å²) in [5.41, 5.74) is 0.875. The molecule has 2 fully saturated rings. The van der Waals surface area contributed by atoms with Gasteiger partial charge in [-0.25, -0.2) is 0 Å². The van der Waals surface area contributed by atoms with Crippen LogP contribution in [-0.2, 0) is 16.1 Å². The molecule has 6 nitrogen and oxygen atoms in total. The minimum atomic E-state index is -0.0312. The summed E-state index contributed by atoms with van der Waals surface area (Å²) in [6, 6.07) is 5.53. The lowest BCUT2D eigenvalue weighted by Gasteiger charge is -2.39. The molecule has 0 unspecified atom stereocenters. The van der Waals surface area contributed by atoms with Crippen LogP contribution in [0.5, 0.6) is 0 Å². The molecule has 0 aromatic carbocycles. The normalized spacial score (nSPS) is 22.1. The third-order valence-electron chi connectivity index (χ3n) is 5.34. The molecule has 3 rings (SSSR count). The first-order valence-electron chi connectivity index (χ1n) is 9.41. The highest BCUT2D eigenvalue weighted by atomic mass is 16.5. The summed E-state index contributed by atoms with van der Waals surface area (Å²) >= 11 is 0. The Balaban J connectivity index is 1.59. The molecule has 138 valence electrons. The zero-order valence-corrected chi connectivity index (χ0v) is 15.2. The predicted molar refractivity (Wildman–Crippen MR) is 96.7 cm³/mol. The number of amides is 1. The Bertz CT molecular complexity index is 637. The number of aryl methyl sites for hydroxylation is 1. The zero-order chi connectivity index (χ0) is 17.6. The van der Waals surface area contributed by atoms with Crippen LogP contribution < -0.4 is 5.56 Å². The molecule has 1 aromatic heterocycles. The fraction of sp³-hybridized carbons (Fsp3) is 0.684. The smallest absolute Gasteiger partial charge is 0.250 e. The van der Waals surface area contributed by atoms with E-state index in [0.717, 1.165) is 57.9 Å². The highest BCUT2D eigenvalue weighted by Gasteiger charge is 2.28. The minimum Gasteiger partial charge on any atom is -0.379 e. The van der Waals surface area contributed by atoms with Crippen molar-refractivity contribution in [3.63, 3.8) is 0 Å². The minimum absolute atomic E-state index is 0.0312. The van der Waals surface area contributed by atoms with Gasteiger partial charge < -0.3 is 14.2 Å². The lowest BCUT2D eigenvalue weighted by atomic mass is 10.0. The summed E-state index contributed by atoms with van der Waals surface area (Å²) in [7, 11) is 0. The van der Waals surface area contributed by atoms with Crippen LogP contribution in [0.4, 0.5) is 0 Å². The number of rotatable bonds is 5. The highest BCUT2D eigenvalue weighted by molar-refractivity contribution is 5.76. The van der Waals surface area contributed by atoms with E-state index >= 15 is 0 Å². The van der Waals surface area contributed by atoms with Gasteiger partial charge in [0, 0.05) is 56.9 Å². The largest absolute Gasteiger partial charge is 0.379 e. The maximum Gasteiger partial charge on any atom is 0.250 e. The Hall–Kier alpha value is -1.66. The number of carbonyl (C=O) groups is 1. The molecule has 0 saturated carbocycles. The summed E-state index contributed by atoms with van der Waals surface area (Å²) in [5.74, 6) is 0.174. The van der Waals surface area contributed by atoms with Gasteiger partial charge in [0.15, 0.2) is 0 Å². The summed E-state index contributed by atoms with van der Waals surface area (Å²) in [6.45, 7) is 7.65. The number of carbonyl (C=O) groups excluding carboxylic acids is 1. The second-order valence-electron chi connectivity index (χ2n) is 7.06. The van der Waals surface area contributed by atoms with Crippen molar-refractivity contribution >= 4 is 5.91 Å². The van der Waals surface area contributed by atoms with Crippen LogP contribution in [0.3, 0.4) is 0 Å². The Morgan fingerprint density at radius 1 is 1.20 bits per heavy atom. The van der Waals surface area contributed by atoms with E-state index < -0.39 is 0 Å². The second kappa shape index (κ2) is 8.63. The second-order valence-corrected chi connectivity index (χ2v) is 7.06. The number of nitrogens with zero attached hydrogens (tertiary/aromatic N) is 3. The SMILES string of the molecule is Cc1cccc(=O)n1CCC(=O)N1CCCC[C@H]1CN1CCOCC1. The quantitative estimate of drug-likeness (QED) is 0.805. The molecule has 0 spiro atoms. The molecule has 0 aliphatic carbocycles. The van der Waals surface area contributed by atoms with Crippen molar-refractivity contribution in [3.05, 3.63) is 34.2 Å². The molecule has 0 N–H and O–H groups in total. The first kappa shape index (κ1) is 18.1. The molecule has 0 radical (unpaired) electrons. The van der Waals surface area contributed by atoms with Gasteiger partial charge in [0.1, 0.15) is 0 Å². The van der Waals surface area contributed by atoms with E-state index in [2.05, 4.69) is 9.80 Å². The molecule has 2 aliphatic rings. The molecule has 0 bridgehead atoms. The number of hydrogen-bond acceptors (Lipinski definition) is 4. The van der Waals surface area contributed by atoms with Crippen molar-refractivity contribution in [3.8, 4) is 0 Å². The summed E-state index contributed by atoms with van der Waals surface area (Å²) in [5, 5.41) is 0. The van der Waals surface area contributed by atoms with E-state index in [4.69, 9.17) is 4.74 Å². The average molecular weight is 347 g/mol. The van der Waals surface area contributed by atoms with Gasteiger partial charge in [-0.15, -0.1) is 0 Å². The van der Waals surface area contributed by atoms with Gasteiger partial charge in [-0.3, -0.25) is 14.5 Å². The Morgan fingerprint density at radius 3 is 2.76 bits per heavy atom. The van der Waals surface area contributed by atoms with Crippen LogP contribution >= 0.6 is 0 Å². The van der Waals surface area contributed by atoms with E-state index in [-0.39, 0.29) is 11.5 Å². The lowest BCUT2D eigenvalue weighted by molar-refractivity contribution is -0.135. The summed E-state index contributed by atoms with van der Waals surface area (Å²) < 4.78 is 7.11. The Labute approximate surface area is 149 Å². The predicted octanol–water partition coefficient (Wildman–Crippen LogP) is 1.26. The van der Waals surface area contributed by atoms with Crippen molar-refractivity contribution in [2.24, 2.45) is 0 Å². The van der Waals surface area contributed by atoms with E-state index in [1.54, 1.807) is 16.7 Å². The number of hydrogen-bond donors (Lipinski definition) is 0. The molecule has 1 atom stereocenters. The van der Waals surface area contributed by atoms with E-state index in [0.29, 0.717) is 19.0 Å². The van der Waals surface area contributed by atoms with E-state index in [1.807, 2.05) is 13.0 Å².